The molecule has 0 bridgehead atoms. The van der Waals surface area contributed by atoms with Crippen LogP contribution in [0.1, 0.15) is 22.8 Å². The van der Waals surface area contributed by atoms with Crippen LogP contribution in [-0.2, 0) is 4.79 Å². The molecule has 0 heterocycles. The Labute approximate surface area is 93.6 Å². The van der Waals surface area contributed by atoms with Crippen molar-refractivity contribution in [3.8, 4) is 0 Å². The Morgan fingerprint density at radius 2 is 2.00 bits per heavy atom. The second kappa shape index (κ2) is 4.61. The summed E-state index contributed by atoms with van der Waals surface area (Å²) in [4.78, 5) is 22.1. The van der Waals surface area contributed by atoms with Gasteiger partial charge in [0.05, 0.1) is 5.97 Å². The highest BCUT2D eigenvalue weighted by molar-refractivity contribution is 6.04. The van der Waals surface area contributed by atoms with Gasteiger partial charge in [-0.05, 0) is 25.5 Å². The summed E-state index contributed by atoms with van der Waals surface area (Å²) in [6.07, 6.45) is 0. The lowest BCUT2D eigenvalue weighted by Crippen LogP contribution is -2.24. The van der Waals surface area contributed by atoms with Crippen LogP contribution in [0.3, 0.4) is 0 Å². The van der Waals surface area contributed by atoms with Gasteiger partial charge in [0.15, 0.2) is 0 Å². The molecule has 4 nitrogen and oxygen atoms in total. The van der Waals surface area contributed by atoms with Crippen molar-refractivity contribution < 1.29 is 14.7 Å². The molecule has 0 radical (unpaired) electrons. The average Bonchev–Trinajstić information content (AvgIpc) is 2.20. The van der Waals surface area contributed by atoms with Crippen LogP contribution < -0.4 is 10.4 Å². The molecule has 0 fully saturated rings. The van der Waals surface area contributed by atoms with Crippen molar-refractivity contribution in [3.05, 3.63) is 41.5 Å². The molecule has 0 aliphatic heterocycles. The van der Waals surface area contributed by atoms with Gasteiger partial charge in [-0.3, -0.25) is 4.79 Å². The number of hydrogen-bond donors (Lipinski definition) is 1. The lowest BCUT2D eigenvalue weighted by Gasteiger charge is -2.12. The van der Waals surface area contributed by atoms with Gasteiger partial charge in [-0.15, -0.1) is 0 Å². The fourth-order valence-electron chi connectivity index (χ4n) is 1.22. The largest absolute Gasteiger partial charge is 0.545 e. The Bertz CT molecular complexity index is 463. The monoisotopic (exact) mass is 218 g/mol. The average molecular weight is 218 g/mol. The number of carboxylic acid groups (broad SMARTS) is 1. The van der Waals surface area contributed by atoms with E-state index >= 15 is 0 Å². The van der Waals surface area contributed by atoms with Gasteiger partial charge in [-0.2, -0.15) is 0 Å². The Kier molecular flexibility index (Phi) is 3.45. The Morgan fingerprint density at radius 1 is 1.38 bits per heavy atom. The van der Waals surface area contributed by atoms with Gasteiger partial charge in [-0.1, -0.05) is 18.7 Å². The van der Waals surface area contributed by atoms with Crippen LogP contribution in [0.2, 0.25) is 0 Å². The molecule has 1 N–H and O–H groups in total. The summed E-state index contributed by atoms with van der Waals surface area (Å²) < 4.78 is 0. The van der Waals surface area contributed by atoms with E-state index in [-0.39, 0.29) is 11.5 Å². The second-order valence-corrected chi connectivity index (χ2v) is 3.50. The van der Waals surface area contributed by atoms with Gasteiger partial charge < -0.3 is 15.2 Å². The van der Waals surface area contributed by atoms with Gasteiger partial charge in [0.1, 0.15) is 0 Å². The zero-order valence-electron chi connectivity index (χ0n) is 9.16. The van der Waals surface area contributed by atoms with E-state index in [2.05, 4.69) is 11.9 Å². The van der Waals surface area contributed by atoms with Gasteiger partial charge in [0.2, 0.25) is 0 Å². The summed E-state index contributed by atoms with van der Waals surface area (Å²) in [6, 6.07) is 4.61. The number of nitrogens with one attached hydrogen (secondary N) is 1. The topological polar surface area (TPSA) is 69.2 Å². The van der Waals surface area contributed by atoms with Crippen molar-refractivity contribution in [2.75, 3.05) is 5.32 Å². The molecule has 0 unspecified atom stereocenters. The molecule has 1 amide bonds. The van der Waals surface area contributed by atoms with Crippen molar-refractivity contribution >= 4 is 17.6 Å². The summed E-state index contributed by atoms with van der Waals surface area (Å²) in [5, 5.41) is 13.3. The number of aromatic carboxylic acids is 1. The first-order chi connectivity index (χ1) is 7.43. The van der Waals surface area contributed by atoms with E-state index in [1.807, 2.05) is 0 Å². The lowest BCUT2D eigenvalue weighted by molar-refractivity contribution is -0.255. The zero-order chi connectivity index (χ0) is 12.3. The van der Waals surface area contributed by atoms with E-state index < -0.39 is 5.97 Å². The molecule has 0 saturated carbocycles. The van der Waals surface area contributed by atoms with E-state index in [1.165, 1.54) is 6.07 Å². The SMILES string of the molecule is C=C(C)C(=O)Nc1cccc(C(=O)[O-])c1C. The van der Waals surface area contributed by atoms with Crippen molar-refractivity contribution in [1.29, 1.82) is 0 Å². The van der Waals surface area contributed by atoms with Crippen LogP contribution in [0.25, 0.3) is 0 Å². The van der Waals surface area contributed by atoms with Crippen molar-refractivity contribution in [3.63, 3.8) is 0 Å². The first kappa shape index (κ1) is 12.0. The highest BCUT2D eigenvalue weighted by Crippen LogP contribution is 2.18. The summed E-state index contributed by atoms with van der Waals surface area (Å²) in [7, 11) is 0. The minimum absolute atomic E-state index is 0.0690. The number of rotatable bonds is 3. The summed E-state index contributed by atoms with van der Waals surface area (Å²) >= 11 is 0. The normalized spacial score (nSPS) is 9.62. The number of carboxylic acids is 1. The third-order valence-electron chi connectivity index (χ3n) is 2.19. The van der Waals surface area contributed by atoms with E-state index in [4.69, 9.17) is 0 Å². The highest BCUT2D eigenvalue weighted by atomic mass is 16.4. The van der Waals surface area contributed by atoms with E-state index in [0.717, 1.165) is 0 Å². The van der Waals surface area contributed by atoms with Gasteiger partial charge in [-0.25, -0.2) is 0 Å². The lowest BCUT2D eigenvalue weighted by atomic mass is 10.1. The maximum atomic E-state index is 11.4. The summed E-state index contributed by atoms with van der Waals surface area (Å²) in [6.45, 7) is 6.68. The van der Waals surface area contributed by atoms with Crippen LogP contribution >= 0.6 is 0 Å². The number of benzene rings is 1. The third-order valence-corrected chi connectivity index (χ3v) is 2.19. The van der Waals surface area contributed by atoms with Crippen molar-refractivity contribution in [2.24, 2.45) is 0 Å². The Balaban J connectivity index is 3.07. The Morgan fingerprint density at radius 3 is 2.50 bits per heavy atom. The van der Waals surface area contributed by atoms with E-state index in [9.17, 15) is 14.7 Å². The van der Waals surface area contributed by atoms with Crippen molar-refractivity contribution in [2.45, 2.75) is 13.8 Å². The molecule has 0 atom stereocenters. The number of anilines is 1. The molecule has 1 aromatic carbocycles. The number of carbonyl (C=O) groups excluding carboxylic acids is 2. The molecular formula is C12H12NO3-. The maximum absolute atomic E-state index is 11.4. The van der Waals surface area contributed by atoms with Gasteiger partial charge >= 0.3 is 0 Å². The zero-order valence-corrected chi connectivity index (χ0v) is 9.16. The van der Waals surface area contributed by atoms with Crippen LogP contribution in [-0.4, -0.2) is 11.9 Å². The third kappa shape index (κ3) is 2.48. The number of hydrogen-bond acceptors (Lipinski definition) is 3. The maximum Gasteiger partial charge on any atom is 0.250 e. The van der Waals surface area contributed by atoms with Crippen molar-refractivity contribution in [1.82, 2.24) is 0 Å². The molecule has 1 rings (SSSR count). The number of carbonyl (C=O) groups is 2. The molecule has 0 aliphatic carbocycles. The molecule has 0 saturated heterocycles. The fraction of sp³-hybridized carbons (Fsp3) is 0.167. The first-order valence-corrected chi connectivity index (χ1v) is 4.71. The Hall–Kier alpha value is -2.10. The molecular weight excluding hydrogens is 206 g/mol. The molecule has 0 aliphatic rings. The predicted octanol–water partition coefficient (Wildman–Crippen LogP) is 0.873. The summed E-state index contributed by atoms with van der Waals surface area (Å²) in [5.74, 6) is -1.59. The first-order valence-electron chi connectivity index (χ1n) is 4.71. The van der Waals surface area contributed by atoms with Gasteiger partial charge in [0, 0.05) is 16.8 Å². The van der Waals surface area contributed by atoms with Crippen LogP contribution in [0.15, 0.2) is 30.4 Å². The predicted molar refractivity (Wildman–Crippen MR) is 59.0 cm³/mol. The van der Waals surface area contributed by atoms with E-state index in [1.54, 1.807) is 26.0 Å². The number of amides is 1. The van der Waals surface area contributed by atoms with Gasteiger partial charge in [0.25, 0.3) is 5.91 Å². The standard InChI is InChI=1S/C12H13NO3/c1-7(2)11(14)13-10-6-4-5-9(8(10)3)12(15)16/h4-6H,1H2,2-3H3,(H,13,14)(H,15,16)/p-1. The second-order valence-electron chi connectivity index (χ2n) is 3.50. The van der Waals surface area contributed by atoms with Crippen LogP contribution in [0.5, 0.6) is 0 Å². The molecule has 4 heteroatoms. The molecule has 0 spiro atoms. The fourth-order valence-corrected chi connectivity index (χ4v) is 1.22. The molecule has 1 aromatic rings. The molecule has 0 aromatic heterocycles. The molecule has 16 heavy (non-hydrogen) atoms. The van der Waals surface area contributed by atoms with Crippen LogP contribution in [0.4, 0.5) is 5.69 Å². The smallest absolute Gasteiger partial charge is 0.250 e. The minimum atomic E-state index is -1.26. The van der Waals surface area contributed by atoms with E-state index in [0.29, 0.717) is 16.8 Å². The summed E-state index contributed by atoms with van der Waals surface area (Å²) in [5.41, 5.74) is 1.35. The quantitative estimate of drug-likeness (QED) is 0.765. The molecule has 84 valence electrons. The minimum Gasteiger partial charge on any atom is -0.545 e. The highest BCUT2D eigenvalue weighted by Gasteiger charge is 2.08. The van der Waals surface area contributed by atoms with Crippen LogP contribution in [0, 0.1) is 6.92 Å².